The summed E-state index contributed by atoms with van der Waals surface area (Å²) in [5.41, 5.74) is 1.39. The van der Waals surface area contributed by atoms with Gasteiger partial charge in [0.1, 0.15) is 17.8 Å². The van der Waals surface area contributed by atoms with Crippen molar-refractivity contribution in [2.75, 3.05) is 36.5 Å². The van der Waals surface area contributed by atoms with E-state index in [0.717, 1.165) is 34.4 Å². The molecular weight excluding hydrogens is 495 g/mol. The van der Waals surface area contributed by atoms with E-state index in [1.54, 1.807) is 38.2 Å². The molecule has 0 saturated heterocycles. The van der Waals surface area contributed by atoms with Crippen LogP contribution in [0.4, 0.5) is 21.6 Å². The second-order valence-electron chi connectivity index (χ2n) is 9.42. The molecule has 3 N–H and O–H groups in total. The monoisotopic (exact) mass is 522 g/mol. The number of anilines is 3. The molecule has 0 aliphatic carbocycles. The average Bonchev–Trinajstić information content (AvgIpc) is 3.54. The van der Waals surface area contributed by atoms with Crippen molar-refractivity contribution in [2.24, 2.45) is 5.41 Å². The predicted octanol–water partition coefficient (Wildman–Crippen LogP) is 4.26. The van der Waals surface area contributed by atoms with Crippen molar-refractivity contribution < 1.29 is 19.0 Å². The van der Waals surface area contributed by atoms with Gasteiger partial charge in [-0.05, 0) is 49.6 Å². The number of halogens is 1. The highest BCUT2D eigenvalue weighted by molar-refractivity contribution is 7.13. The van der Waals surface area contributed by atoms with E-state index >= 15 is 4.39 Å². The third-order valence-corrected chi connectivity index (χ3v) is 7.05. The number of hydrogen-bond acceptors (Lipinski definition) is 9. The number of benzene rings is 2. The minimum Gasteiger partial charge on any atom is -0.454 e. The van der Waals surface area contributed by atoms with Gasteiger partial charge in [0.05, 0.1) is 34.0 Å². The van der Waals surface area contributed by atoms with E-state index in [1.165, 1.54) is 23.9 Å². The molecule has 11 heteroatoms. The zero-order valence-electron chi connectivity index (χ0n) is 20.5. The van der Waals surface area contributed by atoms with Gasteiger partial charge in [-0.3, -0.25) is 4.79 Å². The van der Waals surface area contributed by atoms with Gasteiger partial charge in [0.25, 0.3) is 0 Å². The number of nitrogens with zero attached hydrogens (tertiary/aromatic N) is 4. The van der Waals surface area contributed by atoms with Crippen molar-refractivity contribution >= 4 is 44.7 Å². The van der Waals surface area contributed by atoms with Crippen LogP contribution in [-0.2, 0) is 11.2 Å². The second-order valence-corrected chi connectivity index (χ2v) is 10.3. The molecular formula is C26H27FN6O3S. The number of carbonyl (C=O) groups excluding carboxylic acids is 1. The molecule has 0 radical (unpaired) electrons. The SMILES string of the molecule is CC(C)(CO)C(=O)NCCN1CCc2ncnc(Nc3ccc(Oc4cccc5sncc45)c(F)c3)c21. The van der Waals surface area contributed by atoms with Crippen LogP contribution in [0.2, 0.25) is 0 Å². The summed E-state index contributed by atoms with van der Waals surface area (Å²) in [5.74, 6) is 0.500. The first-order valence-corrected chi connectivity index (χ1v) is 12.7. The molecule has 1 aliphatic heterocycles. The van der Waals surface area contributed by atoms with Crippen molar-refractivity contribution in [3.05, 3.63) is 60.4 Å². The molecule has 3 heterocycles. The summed E-state index contributed by atoms with van der Waals surface area (Å²) in [4.78, 5) is 23.2. The quantitative estimate of drug-likeness (QED) is 0.299. The molecule has 1 amide bonds. The van der Waals surface area contributed by atoms with Crippen LogP contribution in [0, 0.1) is 11.2 Å². The highest BCUT2D eigenvalue weighted by atomic mass is 32.1. The maximum atomic E-state index is 15.0. The Kier molecular flexibility index (Phi) is 6.90. The van der Waals surface area contributed by atoms with Crippen LogP contribution < -0.4 is 20.3 Å². The molecule has 0 spiro atoms. The molecule has 4 aromatic rings. The number of ether oxygens (including phenoxy) is 1. The van der Waals surface area contributed by atoms with Crippen LogP contribution in [0.15, 0.2) is 48.9 Å². The van der Waals surface area contributed by atoms with Gasteiger partial charge in [0.15, 0.2) is 17.4 Å². The van der Waals surface area contributed by atoms with E-state index < -0.39 is 11.2 Å². The highest BCUT2D eigenvalue weighted by Crippen LogP contribution is 2.36. The van der Waals surface area contributed by atoms with Gasteiger partial charge >= 0.3 is 0 Å². The molecule has 2 aromatic carbocycles. The van der Waals surface area contributed by atoms with Crippen molar-refractivity contribution in [3.8, 4) is 11.5 Å². The van der Waals surface area contributed by atoms with E-state index in [9.17, 15) is 9.90 Å². The second kappa shape index (κ2) is 10.3. The molecule has 0 fully saturated rings. The zero-order valence-corrected chi connectivity index (χ0v) is 21.3. The van der Waals surface area contributed by atoms with Gasteiger partial charge in [-0.2, -0.15) is 4.37 Å². The number of hydrogen-bond donors (Lipinski definition) is 3. The third kappa shape index (κ3) is 5.18. The molecule has 1 aliphatic rings. The van der Waals surface area contributed by atoms with Crippen molar-refractivity contribution in [1.29, 1.82) is 0 Å². The minimum absolute atomic E-state index is 0.111. The molecule has 5 rings (SSSR count). The fourth-order valence-electron chi connectivity index (χ4n) is 4.09. The molecule has 2 aromatic heterocycles. The lowest BCUT2D eigenvalue weighted by Crippen LogP contribution is -2.42. The van der Waals surface area contributed by atoms with E-state index in [-0.39, 0.29) is 18.3 Å². The fraction of sp³-hybridized carbons (Fsp3) is 0.308. The van der Waals surface area contributed by atoms with Crippen LogP contribution >= 0.6 is 11.5 Å². The van der Waals surface area contributed by atoms with Crippen molar-refractivity contribution in [1.82, 2.24) is 19.7 Å². The highest BCUT2D eigenvalue weighted by Gasteiger charge is 2.28. The van der Waals surface area contributed by atoms with Gasteiger partial charge in [0, 0.05) is 37.8 Å². The van der Waals surface area contributed by atoms with Crippen LogP contribution in [0.5, 0.6) is 11.5 Å². The maximum absolute atomic E-state index is 15.0. The number of carbonyl (C=O) groups is 1. The number of aliphatic hydroxyl groups excluding tert-OH is 1. The van der Waals surface area contributed by atoms with Crippen molar-refractivity contribution in [2.45, 2.75) is 20.3 Å². The summed E-state index contributed by atoms with van der Waals surface area (Å²) < 4.78 is 26.0. The molecule has 9 nitrogen and oxygen atoms in total. The normalized spacial score (nSPS) is 13.0. The van der Waals surface area contributed by atoms with Gasteiger partial charge in [-0.15, -0.1) is 0 Å². The number of nitrogens with one attached hydrogen (secondary N) is 2. The lowest BCUT2D eigenvalue weighted by molar-refractivity contribution is -0.131. The topological polar surface area (TPSA) is 113 Å². The number of fused-ring (bicyclic) bond motifs is 2. The smallest absolute Gasteiger partial charge is 0.228 e. The summed E-state index contributed by atoms with van der Waals surface area (Å²) in [6, 6.07) is 10.3. The van der Waals surface area contributed by atoms with E-state index in [0.29, 0.717) is 30.3 Å². The maximum Gasteiger partial charge on any atom is 0.228 e. The van der Waals surface area contributed by atoms with E-state index in [1.807, 2.05) is 12.1 Å². The molecule has 0 unspecified atom stereocenters. The van der Waals surface area contributed by atoms with Gasteiger partial charge in [-0.1, -0.05) is 6.07 Å². The lowest BCUT2D eigenvalue weighted by atomic mass is 9.94. The fourth-order valence-corrected chi connectivity index (χ4v) is 4.75. The molecule has 0 bridgehead atoms. The summed E-state index contributed by atoms with van der Waals surface area (Å²) >= 11 is 1.36. The Morgan fingerprint density at radius 2 is 2.11 bits per heavy atom. The summed E-state index contributed by atoms with van der Waals surface area (Å²) in [6.45, 7) is 4.84. The largest absolute Gasteiger partial charge is 0.454 e. The van der Waals surface area contributed by atoms with Crippen LogP contribution in [0.1, 0.15) is 19.5 Å². The Hall–Kier alpha value is -3.83. The molecule has 0 atom stereocenters. The van der Waals surface area contributed by atoms with Gasteiger partial charge in [0.2, 0.25) is 5.91 Å². The van der Waals surface area contributed by atoms with Gasteiger partial charge < -0.3 is 25.4 Å². The standard InChI is InChI=1S/C26H27FN6O3S/c1-26(2,14-34)25(35)28-9-11-33-10-8-19-23(33)24(30-15-29-19)32-16-6-7-21(18(27)12-16)36-20-4-3-5-22-17(20)13-31-37-22/h3-7,12-13,15,34H,8-11,14H2,1-2H3,(H,28,35)(H,29,30,32). The predicted molar refractivity (Wildman–Crippen MR) is 141 cm³/mol. The Balaban J connectivity index is 1.29. The first-order valence-electron chi connectivity index (χ1n) is 11.9. The number of rotatable bonds is 9. The number of amides is 1. The molecule has 0 saturated carbocycles. The lowest BCUT2D eigenvalue weighted by Gasteiger charge is -2.24. The Bertz CT molecular complexity index is 1440. The number of aliphatic hydroxyl groups is 1. The Labute approximate surface area is 217 Å². The van der Waals surface area contributed by atoms with E-state index in [2.05, 4.69) is 29.9 Å². The summed E-state index contributed by atoms with van der Waals surface area (Å²) in [6.07, 6.45) is 3.94. The third-order valence-electron chi connectivity index (χ3n) is 6.28. The average molecular weight is 523 g/mol. The molecule has 192 valence electrons. The molecule has 37 heavy (non-hydrogen) atoms. The van der Waals surface area contributed by atoms with E-state index in [4.69, 9.17) is 4.74 Å². The zero-order chi connectivity index (χ0) is 26.0. The van der Waals surface area contributed by atoms with Crippen LogP contribution in [-0.4, -0.2) is 51.6 Å². The van der Waals surface area contributed by atoms with Crippen molar-refractivity contribution in [3.63, 3.8) is 0 Å². The number of aromatic nitrogens is 3. The van der Waals surface area contributed by atoms with Crippen LogP contribution in [0.25, 0.3) is 10.1 Å². The minimum atomic E-state index is -0.841. The first-order chi connectivity index (χ1) is 17.9. The summed E-state index contributed by atoms with van der Waals surface area (Å²) in [5, 5.41) is 16.3. The summed E-state index contributed by atoms with van der Waals surface area (Å²) in [7, 11) is 0. The first kappa shape index (κ1) is 24.8. The Morgan fingerprint density at radius 3 is 2.92 bits per heavy atom. The van der Waals surface area contributed by atoms with Crippen LogP contribution in [0.3, 0.4) is 0 Å². The van der Waals surface area contributed by atoms with Gasteiger partial charge in [-0.25, -0.2) is 14.4 Å². The Morgan fingerprint density at radius 1 is 1.24 bits per heavy atom.